The lowest BCUT2D eigenvalue weighted by Crippen LogP contribution is -2.32. The van der Waals surface area contributed by atoms with Crippen molar-refractivity contribution in [2.24, 2.45) is 0 Å². The van der Waals surface area contributed by atoms with E-state index in [1.807, 2.05) is 6.92 Å². The lowest BCUT2D eigenvalue weighted by Gasteiger charge is -2.18. The lowest BCUT2D eigenvalue weighted by atomic mass is 10.2. The summed E-state index contributed by atoms with van der Waals surface area (Å²) in [5, 5.41) is 0. The number of nitrogens with zero attached hydrogens (tertiary/aromatic N) is 1. The van der Waals surface area contributed by atoms with Gasteiger partial charge in [0, 0.05) is 25.1 Å². The SMILES string of the molecule is CCCCC(=O)O[C@@H]1CCN(c2cccc(C(F)(F)F)c2)C1=O. The van der Waals surface area contributed by atoms with Gasteiger partial charge in [-0.1, -0.05) is 19.4 Å². The number of carbonyl (C=O) groups excluding carboxylic acids is 2. The molecule has 0 bridgehead atoms. The zero-order chi connectivity index (χ0) is 17.0. The first-order valence-electron chi connectivity index (χ1n) is 7.51. The van der Waals surface area contributed by atoms with Crippen molar-refractivity contribution in [3.8, 4) is 0 Å². The molecule has 0 aliphatic carbocycles. The van der Waals surface area contributed by atoms with Gasteiger partial charge in [0.15, 0.2) is 6.10 Å². The molecule has 7 heteroatoms. The smallest absolute Gasteiger partial charge is 0.416 e. The molecule has 1 atom stereocenters. The van der Waals surface area contributed by atoms with E-state index in [-0.39, 0.29) is 25.1 Å². The van der Waals surface area contributed by atoms with Crippen LogP contribution < -0.4 is 4.90 Å². The quantitative estimate of drug-likeness (QED) is 0.776. The van der Waals surface area contributed by atoms with Crippen molar-refractivity contribution in [1.29, 1.82) is 0 Å². The molecule has 1 aliphatic heterocycles. The van der Waals surface area contributed by atoms with Crippen molar-refractivity contribution in [2.75, 3.05) is 11.4 Å². The Morgan fingerprint density at radius 2 is 2.13 bits per heavy atom. The molecule has 4 nitrogen and oxygen atoms in total. The van der Waals surface area contributed by atoms with E-state index in [0.29, 0.717) is 6.42 Å². The molecule has 126 valence electrons. The van der Waals surface area contributed by atoms with Crippen LogP contribution in [-0.4, -0.2) is 24.5 Å². The minimum Gasteiger partial charge on any atom is -0.452 e. The fourth-order valence-corrected chi connectivity index (χ4v) is 2.41. The minimum absolute atomic E-state index is 0.164. The summed E-state index contributed by atoms with van der Waals surface area (Å²) in [5.41, 5.74) is -0.650. The maximum absolute atomic E-state index is 12.7. The van der Waals surface area contributed by atoms with E-state index in [1.54, 1.807) is 0 Å². The van der Waals surface area contributed by atoms with Gasteiger partial charge >= 0.3 is 12.1 Å². The Balaban J connectivity index is 2.06. The summed E-state index contributed by atoms with van der Waals surface area (Å²) in [6.45, 7) is 2.16. The second-order valence-electron chi connectivity index (χ2n) is 5.41. The van der Waals surface area contributed by atoms with E-state index in [4.69, 9.17) is 4.74 Å². The molecule has 1 fully saturated rings. The highest BCUT2D eigenvalue weighted by Gasteiger charge is 2.37. The van der Waals surface area contributed by atoms with Crippen molar-refractivity contribution < 1.29 is 27.5 Å². The van der Waals surface area contributed by atoms with Crippen molar-refractivity contribution in [3.05, 3.63) is 29.8 Å². The topological polar surface area (TPSA) is 46.6 Å². The lowest BCUT2D eigenvalue weighted by molar-refractivity contribution is -0.153. The summed E-state index contributed by atoms with van der Waals surface area (Å²) < 4.78 is 43.4. The Morgan fingerprint density at radius 1 is 1.39 bits per heavy atom. The number of alkyl halides is 3. The summed E-state index contributed by atoms with van der Waals surface area (Å²) in [7, 11) is 0. The number of carbonyl (C=O) groups is 2. The molecule has 0 aromatic heterocycles. The highest BCUT2D eigenvalue weighted by molar-refractivity contribution is 5.99. The first-order valence-corrected chi connectivity index (χ1v) is 7.51. The third kappa shape index (κ3) is 4.24. The van der Waals surface area contributed by atoms with Crippen LogP contribution >= 0.6 is 0 Å². The van der Waals surface area contributed by atoms with Gasteiger partial charge in [-0.05, 0) is 24.6 Å². The molecule has 1 aliphatic rings. The molecule has 0 saturated carbocycles. The number of hydrogen-bond acceptors (Lipinski definition) is 3. The molecular formula is C16H18F3NO3. The van der Waals surface area contributed by atoms with Crippen molar-refractivity contribution in [2.45, 2.75) is 44.9 Å². The van der Waals surface area contributed by atoms with E-state index in [9.17, 15) is 22.8 Å². The number of ether oxygens (including phenoxy) is 1. The first kappa shape index (κ1) is 17.3. The molecule has 23 heavy (non-hydrogen) atoms. The van der Waals surface area contributed by atoms with Crippen LogP contribution in [0.15, 0.2) is 24.3 Å². The first-order chi connectivity index (χ1) is 10.8. The number of hydrogen-bond donors (Lipinski definition) is 0. The second-order valence-corrected chi connectivity index (χ2v) is 5.41. The number of unbranched alkanes of at least 4 members (excludes halogenated alkanes) is 1. The summed E-state index contributed by atoms with van der Waals surface area (Å²) in [6.07, 6.45) is -3.34. The van der Waals surface area contributed by atoms with Crippen molar-refractivity contribution in [1.82, 2.24) is 0 Å². The van der Waals surface area contributed by atoms with Gasteiger partial charge in [0.05, 0.1) is 5.56 Å². The second kappa shape index (κ2) is 7.02. The van der Waals surface area contributed by atoms with Gasteiger partial charge in [-0.3, -0.25) is 9.59 Å². The van der Waals surface area contributed by atoms with Gasteiger partial charge in [-0.15, -0.1) is 0 Å². The van der Waals surface area contributed by atoms with Crippen LogP contribution in [0.3, 0.4) is 0 Å². The number of benzene rings is 1. The molecule has 1 aromatic carbocycles. The van der Waals surface area contributed by atoms with Crippen LogP contribution in [0.25, 0.3) is 0 Å². The Hall–Kier alpha value is -2.05. The fourth-order valence-electron chi connectivity index (χ4n) is 2.41. The van der Waals surface area contributed by atoms with E-state index < -0.39 is 29.7 Å². The molecule has 0 N–H and O–H groups in total. The average Bonchev–Trinajstić information content (AvgIpc) is 2.85. The Labute approximate surface area is 132 Å². The maximum Gasteiger partial charge on any atom is 0.416 e. The predicted octanol–water partition coefficient (Wildman–Crippen LogP) is 3.54. The van der Waals surface area contributed by atoms with E-state index in [1.165, 1.54) is 17.0 Å². The van der Waals surface area contributed by atoms with E-state index >= 15 is 0 Å². The number of amides is 1. The number of halogens is 3. The summed E-state index contributed by atoms with van der Waals surface area (Å²) in [6, 6.07) is 4.58. The van der Waals surface area contributed by atoms with Gasteiger partial charge in [0.1, 0.15) is 0 Å². The molecule has 1 saturated heterocycles. The van der Waals surface area contributed by atoms with Crippen LogP contribution in [0.4, 0.5) is 18.9 Å². The van der Waals surface area contributed by atoms with Crippen LogP contribution in [-0.2, 0) is 20.5 Å². The third-order valence-electron chi connectivity index (χ3n) is 3.65. The highest BCUT2D eigenvalue weighted by Crippen LogP contribution is 2.33. The van der Waals surface area contributed by atoms with Gasteiger partial charge in [-0.25, -0.2) is 0 Å². The van der Waals surface area contributed by atoms with Crippen LogP contribution in [0.1, 0.15) is 38.2 Å². The van der Waals surface area contributed by atoms with Crippen LogP contribution in [0.5, 0.6) is 0 Å². The molecular weight excluding hydrogens is 311 g/mol. The standard InChI is InChI=1S/C16H18F3NO3/c1-2-3-7-14(21)23-13-8-9-20(15(13)22)12-6-4-5-11(10-12)16(17,18)19/h4-6,10,13H,2-3,7-9H2,1H3/t13-/m1/s1. The van der Waals surface area contributed by atoms with Gasteiger partial charge in [-0.2, -0.15) is 13.2 Å². The maximum atomic E-state index is 12.7. The summed E-state index contributed by atoms with van der Waals surface area (Å²) >= 11 is 0. The van der Waals surface area contributed by atoms with E-state index in [0.717, 1.165) is 18.6 Å². The predicted molar refractivity (Wildman–Crippen MR) is 77.8 cm³/mol. The summed E-state index contributed by atoms with van der Waals surface area (Å²) in [5.74, 6) is -0.926. The molecule has 2 rings (SSSR count). The average molecular weight is 329 g/mol. The van der Waals surface area contributed by atoms with Crippen LogP contribution in [0.2, 0.25) is 0 Å². The van der Waals surface area contributed by atoms with Gasteiger partial charge in [0.25, 0.3) is 5.91 Å². The van der Waals surface area contributed by atoms with Gasteiger partial charge in [0.2, 0.25) is 0 Å². The number of rotatable bonds is 5. The Morgan fingerprint density at radius 3 is 2.78 bits per heavy atom. The normalized spacial score (nSPS) is 18.3. The third-order valence-corrected chi connectivity index (χ3v) is 3.65. The number of esters is 1. The highest BCUT2D eigenvalue weighted by atomic mass is 19.4. The molecule has 1 heterocycles. The largest absolute Gasteiger partial charge is 0.452 e. The Kier molecular flexibility index (Phi) is 5.28. The minimum atomic E-state index is -4.47. The molecule has 0 spiro atoms. The monoisotopic (exact) mass is 329 g/mol. The zero-order valence-electron chi connectivity index (χ0n) is 12.7. The van der Waals surface area contributed by atoms with Crippen LogP contribution in [0, 0.1) is 0 Å². The molecule has 0 radical (unpaired) electrons. The molecule has 0 unspecified atom stereocenters. The van der Waals surface area contributed by atoms with E-state index in [2.05, 4.69) is 0 Å². The fraction of sp³-hybridized carbons (Fsp3) is 0.500. The zero-order valence-corrected chi connectivity index (χ0v) is 12.7. The number of anilines is 1. The molecule has 1 amide bonds. The van der Waals surface area contributed by atoms with Crippen molar-refractivity contribution in [3.63, 3.8) is 0 Å². The Bertz CT molecular complexity index is 586. The van der Waals surface area contributed by atoms with Crippen molar-refractivity contribution >= 4 is 17.6 Å². The molecule has 1 aromatic rings. The summed E-state index contributed by atoms with van der Waals surface area (Å²) in [4.78, 5) is 25.1. The van der Waals surface area contributed by atoms with Gasteiger partial charge < -0.3 is 9.64 Å².